The molecule has 0 radical (unpaired) electrons. The third-order valence-electron chi connectivity index (χ3n) is 4.01. The SMILES string of the molecule is CNC(=O)CN(C)C(=O)COc1ccc([N+](=O)[O-])cc1-c1ccc(OC)cc1. The van der Waals surface area contributed by atoms with Gasteiger partial charge in [0.15, 0.2) is 6.61 Å². The fraction of sp³-hybridized carbons (Fsp3) is 0.263. The second kappa shape index (κ2) is 9.36. The Morgan fingerprint density at radius 2 is 1.86 bits per heavy atom. The summed E-state index contributed by atoms with van der Waals surface area (Å²) in [4.78, 5) is 35.4. The number of nitrogens with one attached hydrogen (secondary N) is 1. The van der Waals surface area contributed by atoms with Crippen molar-refractivity contribution in [1.29, 1.82) is 0 Å². The zero-order valence-electron chi connectivity index (χ0n) is 15.8. The molecule has 2 rings (SSSR count). The highest BCUT2D eigenvalue weighted by Gasteiger charge is 2.17. The molecule has 0 fully saturated rings. The number of methoxy groups -OCH3 is 1. The van der Waals surface area contributed by atoms with Gasteiger partial charge in [-0.05, 0) is 23.8 Å². The number of hydrogen-bond donors (Lipinski definition) is 1. The number of benzene rings is 2. The van der Waals surface area contributed by atoms with E-state index >= 15 is 0 Å². The minimum Gasteiger partial charge on any atom is -0.497 e. The summed E-state index contributed by atoms with van der Waals surface area (Å²) in [6, 6.07) is 11.1. The Morgan fingerprint density at radius 3 is 2.43 bits per heavy atom. The van der Waals surface area contributed by atoms with Gasteiger partial charge in [-0.1, -0.05) is 12.1 Å². The van der Waals surface area contributed by atoms with Gasteiger partial charge in [0.2, 0.25) is 5.91 Å². The second-order valence-electron chi connectivity index (χ2n) is 5.88. The van der Waals surface area contributed by atoms with E-state index in [0.29, 0.717) is 22.6 Å². The van der Waals surface area contributed by atoms with Crippen molar-refractivity contribution < 1.29 is 24.0 Å². The standard InChI is InChI=1S/C19H21N3O6/c1-20-18(23)11-21(2)19(24)12-28-17-9-6-14(22(25)26)10-16(17)13-4-7-15(27-3)8-5-13/h4-10H,11-12H2,1-3H3,(H,20,23). The van der Waals surface area contributed by atoms with Crippen molar-refractivity contribution >= 4 is 17.5 Å². The first-order valence-corrected chi connectivity index (χ1v) is 8.36. The first kappa shape index (κ1) is 20.7. The maximum Gasteiger partial charge on any atom is 0.270 e. The van der Waals surface area contributed by atoms with Crippen molar-refractivity contribution in [3.05, 3.63) is 52.6 Å². The first-order chi connectivity index (χ1) is 13.3. The minimum absolute atomic E-state index is 0.0930. The van der Waals surface area contributed by atoms with Crippen LogP contribution in [0.15, 0.2) is 42.5 Å². The van der Waals surface area contributed by atoms with Crippen molar-refractivity contribution in [3.63, 3.8) is 0 Å². The van der Waals surface area contributed by atoms with Crippen molar-refractivity contribution in [1.82, 2.24) is 10.2 Å². The maximum absolute atomic E-state index is 12.2. The molecule has 0 aromatic heterocycles. The Morgan fingerprint density at radius 1 is 1.18 bits per heavy atom. The third-order valence-corrected chi connectivity index (χ3v) is 4.01. The summed E-state index contributed by atoms with van der Waals surface area (Å²) in [7, 11) is 4.51. The van der Waals surface area contributed by atoms with Gasteiger partial charge in [-0.3, -0.25) is 19.7 Å². The fourth-order valence-electron chi connectivity index (χ4n) is 2.39. The molecule has 148 valence electrons. The first-order valence-electron chi connectivity index (χ1n) is 8.36. The molecule has 1 N–H and O–H groups in total. The Hall–Kier alpha value is -3.62. The average Bonchev–Trinajstić information content (AvgIpc) is 2.71. The zero-order chi connectivity index (χ0) is 20.7. The monoisotopic (exact) mass is 387 g/mol. The summed E-state index contributed by atoms with van der Waals surface area (Å²) < 4.78 is 10.7. The van der Waals surface area contributed by atoms with E-state index in [2.05, 4.69) is 5.32 Å². The van der Waals surface area contributed by atoms with Crippen LogP contribution in [0.3, 0.4) is 0 Å². The summed E-state index contributed by atoms with van der Waals surface area (Å²) in [5, 5.41) is 13.6. The highest BCUT2D eigenvalue weighted by molar-refractivity contribution is 5.85. The Balaban J connectivity index is 2.24. The topological polar surface area (TPSA) is 111 Å². The van der Waals surface area contributed by atoms with Gasteiger partial charge < -0.3 is 19.7 Å². The smallest absolute Gasteiger partial charge is 0.270 e. The van der Waals surface area contributed by atoms with Crippen LogP contribution in [-0.2, 0) is 9.59 Å². The van der Waals surface area contributed by atoms with Gasteiger partial charge >= 0.3 is 0 Å². The molecular formula is C19H21N3O6. The van der Waals surface area contributed by atoms with E-state index < -0.39 is 10.8 Å². The highest BCUT2D eigenvalue weighted by Crippen LogP contribution is 2.34. The van der Waals surface area contributed by atoms with Crippen LogP contribution in [0, 0.1) is 10.1 Å². The number of ether oxygens (including phenoxy) is 2. The van der Waals surface area contributed by atoms with Crippen molar-refractivity contribution in [2.24, 2.45) is 0 Å². The molecule has 0 saturated heterocycles. The van der Waals surface area contributed by atoms with Crippen LogP contribution in [0.2, 0.25) is 0 Å². The van der Waals surface area contributed by atoms with E-state index in [1.54, 1.807) is 24.3 Å². The molecule has 2 amide bonds. The average molecular weight is 387 g/mol. The minimum atomic E-state index is -0.501. The summed E-state index contributed by atoms with van der Waals surface area (Å²) in [6.07, 6.45) is 0. The number of nitrogens with zero attached hydrogens (tertiary/aromatic N) is 2. The van der Waals surface area contributed by atoms with Crippen LogP contribution in [0.1, 0.15) is 0 Å². The van der Waals surface area contributed by atoms with Gasteiger partial charge in [0.05, 0.1) is 18.6 Å². The number of hydrogen-bond acceptors (Lipinski definition) is 6. The zero-order valence-corrected chi connectivity index (χ0v) is 15.8. The van der Waals surface area contributed by atoms with E-state index in [-0.39, 0.29) is 24.7 Å². The molecule has 0 aliphatic heterocycles. The predicted octanol–water partition coefficient (Wildman–Crippen LogP) is 1.85. The summed E-state index contributed by atoms with van der Waals surface area (Å²) in [5.41, 5.74) is 1.05. The molecule has 0 saturated carbocycles. The molecule has 9 heteroatoms. The van der Waals surface area contributed by atoms with Crippen LogP contribution in [0.25, 0.3) is 11.1 Å². The summed E-state index contributed by atoms with van der Waals surface area (Å²) in [5.74, 6) is 0.257. The largest absolute Gasteiger partial charge is 0.497 e. The molecule has 0 atom stereocenters. The molecular weight excluding hydrogens is 366 g/mol. The van der Waals surface area contributed by atoms with Crippen molar-refractivity contribution in [2.75, 3.05) is 34.4 Å². The number of nitro groups is 1. The third kappa shape index (κ3) is 5.19. The molecule has 28 heavy (non-hydrogen) atoms. The maximum atomic E-state index is 12.2. The Kier molecular flexibility index (Phi) is 6.91. The number of nitro benzene ring substituents is 1. The Labute approximate surface area is 162 Å². The number of carbonyl (C=O) groups excluding carboxylic acids is 2. The van der Waals surface area contributed by atoms with Gasteiger partial charge in [-0.2, -0.15) is 0 Å². The van der Waals surface area contributed by atoms with Gasteiger partial charge in [-0.15, -0.1) is 0 Å². The number of likely N-dealkylation sites (N-methyl/N-ethyl adjacent to an activating group) is 2. The predicted molar refractivity (Wildman–Crippen MR) is 102 cm³/mol. The fourth-order valence-corrected chi connectivity index (χ4v) is 2.39. The highest BCUT2D eigenvalue weighted by atomic mass is 16.6. The van der Waals surface area contributed by atoms with Gasteiger partial charge in [0, 0.05) is 31.8 Å². The lowest BCUT2D eigenvalue weighted by Gasteiger charge is -2.17. The van der Waals surface area contributed by atoms with Crippen LogP contribution >= 0.6 is 0 Å². The molecule has 2 aromatic carbocycles. The molecule has 9 nitrogen and oxygen atoms in total. The molecule has 0 spiro atoms. The van der Waals surface area contributed by atoms with Gasteiger partial charge in [-0.25, -0.2) is 0 Å². The number of carbonyl (C=O) groups is 2. The number of amides is 2. The van der Waals surface area contributed by atoms with E-state index in [9.17, 15) is 19.7 Å². The van der Waals surface area contributed by atoms with Crippen molar-refractivity contribution in [3.8, 4) is 22.6 Å². The Bertz CT molecular complexity index is 866. The number of non-ortho nitro benzene ring substituents is 1. The van der Waals surface area contributed by atoms with Crippen molar-refractivity contribution in [2.45, 2.75) is 0 Å². The quantitative estimate of drug-likeness (QED) is 0.547. The molecule has 0 heterocycles. The normalized spacial score (nSPS) is 10.1. The van der Waals surface area contributed by atoms with Crippen LogP contribution < -0.4 is 14.8 Å². The molecule has 0 unspecified atom stereocenters. The molecule has 0 aliphatic rings. The molecule has 0 bridgehead atoms. The summed E-state index contributed by atoms with van der Waals surface area (Å²) in [6.45, 7) is -0.404. The van der Waals surface area contributed by atoms with E-state index in [0.717, 1.165) is 0 Å². The van der Waals surface area contributed by atoms with E-state index in [1.807, 2.05) is 0 Å². The molecule has 0 aliphatic carbocycles. The van der Waals surface area contributed by atoms with Gasteiger partial charge in [0.25, 0.3) is 11.6 Å². The number of rotatable bonds is 8. The lowest BCUT2D eigenvalue weighted by Crippen LogP contribution is -2.39. The summed E-state index contributed by atoms with van der Waals surface area (Å²) >= 11 is 0. The lowest BCUT2D eigenvalue weighted by molar-refractivity contribution is -0.384. The van der Waals surface area contributed by atoms with Gasteiger partial charge in [0.1, 0.15) is 11.5 Å². The second-order valence-corrected chi connectivity index (χ2v) is 5.88. The molecule has 2 aromatic rings. The van der Waals surface area contributed by atoms with E-state index in [1.165, 1.54) is 44.3 Å². The van der Waals surface area contributed by atoms with Crippen LogP contribution in [-0.4, -0.2) is 56.0 Å². The van der Waals surface area contributed by atoms with E-state index in [4.69, 9.17) is 9.47 Å². The lowest BCUT2D eigenvalue weighted by atomic mass is 10.0. The van der Waals surface area contributed by atoms with Crippen LogP contribution in [0.5, 0.6) is 11.5 Å². The van der Waals surface area contributed by atoms with Crippen LogP contribution in [0.4, 0.5) is 5.69 Å².